The maximum atomic E-state index is 11.1. The molecule has 0 aliphatic carbocycles. The molecule has 1 atom stereocenters. The lowest BCUT2D eigenvalue weighted by Crippen LogP contribution is -2.09. The van der Waals surface area contributed by atoms with Crippen LogP contribution in [0.5, 0.6) is 5.75 Å². The van der Waals surface area contributed by atoms with Crippen molar-refractivity contribution in [3.8, 4) is 5.75 Å². The number of carbonyl (C=O) groups is 1. The third-order valence-electron chi connectivity index (χ3n) is 3.33. The van der Waals surface area contributed by atoms with Gasteiger partial charge in [-0.2, -0.15) is 0 Å². The molecule has 1 N–H and O–H groups in total. The minimum Gasteiger partial charge on any atom is -0.497 e. The number of hydrogen-bond acceptors (Lipinski definition) is 2. The van der Waals surface area contributed by atoms with Crippen LogP contribution in [0.15, 0.2) is 54.6 Å². The monoisotopic (exact) mass is 270 g/mol. The molecule has 0 aliphatic heterocycles. The molecular formula is C17H18O3. The van der Waals surface area contributed by atoms with Gasteiger partial charge in [0, 0.05) is 0 Å². The van der Waals surface area contributed by atoms with E-state index in [1.807, 2.05) is 54.6 Å². The number of benzene rings is 2. The molecule has 1 unspecified atom stereocenters. The van der Waals surface area contributed by atoms with Gasteiger partial charge in [0.05, 0.1) is 13.5 Å². The summed E-state index contributed by atoms with van der Waals surface area (Å²) in [5.41, 5.74) is 2.17. The zero-order chi connectivity index (χ0) is 14.4. The maximum absolute atomic E-state index is 11.1. The molecule has 0 aromatic heterocycles. The van der Waals surface area contributed by atoms with Gasteiger partial charge in [-0.3, -0.25) is 4.79 Å². The molecular weight excluding hydrogens is 252 g/mol. The Morgan fingerprint density at radius 1 is 1.10 bits per heavy atom. The second-order valence-corrected chi connectivity index (χ2v) is 4.76. The predicted octanol–water partition coefficient (Wildman–Crippen LogP) is 3.50. The third kappa shape index (κ3) is 3.85. The fourth-order valence-electron chi connectivity index (χ4n) is 2.29. The first-order valence-corrected chi connectivity index (χ1v) is 6.58. The van der Waals surface area contributed by atoms with Crippen LogP contribution < -0.4 is 4.74 Å². The van der Waals surface area contributed by atoms with Crippen LogP contribution >= 0.6 is 0 Å². The summed E-state index contributed by atoms with van der Waals surface area (Å²) in [6.07, 6.45) is 0.844. The summed E-state index contributed by atoms with van der Waals surface area (Å²) in [7, 11) is 1.63. The van der Waals surface area contributed by atoms with Crippen LogP contribution in [-0.2, 0) is 11.2 Å². The molecule has 0 saturated heterocycles. The first-order valence-electron chi connectivity index (χ1n) is 6.58. The van der Waals surface area contributed by atoms with Gasteiger partial charge in [-0.25, -0.2) is 0 Å². The fraction of sp³-hybridized carbons (Fsp3) is 0.235. The lowest BCUT2D eigenvalue weighted by molar-refractivity contribution is -0.137. The van der Waals surface area contributed by atoms with Crippen LogP contribution in [0, 0.1) is 0 Å². The topological polar surface area (TPSA) is 46.5 Å². The van der Waals surface area contributed by atoms with Crippen molar-refractivity contribution in [2.75, 3.05) is 7.11 Å². The number of carboxylic acids is 1. The molecule has 0 aliphatic rings. The second-order valence-electron chi connectivity index (χ2n) is 4.76. The van der Waals surface area contributed by atoms with E-state index in [4.69, 9.17) is 9.84 Å². The van der Waals surface area contributed by atoms with Crippen LogP contribution in [0.2, 0.25) is 0 Å². The zero-order valence-corrected chi connectivity index (χ0v) is 11.5. The average Bonchev–Trinajstić information content (AvgIpc) is 2.48. The molecule has 2 rings (SSSR count). The van der Waals surface area contributed by atoms with Gasteiger partial charge >= 0.3 is 5.97 Å². The van der Waals surface area contributed by atoms with Crippen molar-refractivity contribution in [3.05, 3.63) is 65.7 Å². The van der Waals surface area contributed by atoms with E-state index in [-0.39, 0.29) is 12.3 Å². The van der Waals surface area contributed by atoms with Crippen molar-refractivity contribution in [1.29, 1.82) is 0 Å². The highest BCUT2D eigenvalue weighted by molar-refractivity contribution is 5.68. The van der Waals surface area contributed by atoms with E-state index in [0.717, 1.165) is 16.9 Å². The maximum Gasteiger partial charge on any atom is 0.303 e. The van der Waals surface area contributed by atoms with E-state index in [1.165, 1.54) is 0 Å². The molecule has 0 radical (unpaired) electrons. The van der Waals surface area contributed by atoms with E-state index in [1.54, 1.807) is 7.11 Å². The largest absolute Gasteiger partial charge is 0.497 e. The molecule has 0 fully saturated rings. The summed E-state index contributed by atoms with van der Waals surface area (Å²) in [6.45, 7) is 0. The van der Waals surface area contributed by atoms with Gasteiger partial charge in [0.25, 0.3) is 0 Å². The molecule has 0 spiro atoms. The molecule has 2 aromatic rings. The van der Waals surface area contributed by atoms with E-state index < -0.39 is 5.97 Å². The van der Waals surface area contributed by atoms with Crippen molar-refractivity contribution >= 4 is 5.97 Å². The number of ether oxygens (including phenoxy) is 1. The highest BCUT2D eigenvalue weighted by atomic mass is 16.5. The van der Waals surface area contributed by atoms with Gasteiger partial charge in [-0.05, 0) is 35.6 Å². The minimum atomic E-state index is -0.771. The third-order valence-corrected chi connectivity index (χ3v) is 3.33. The van der Waals surface area contributed by atoms with E-state index in [2.05, 4.69) is 0 Å². The first-order chi connectivity index (χ1) is 9.69. The van der Waals surface area contributed by atoms with Gasteiger partial charge in [0.1, 0.15) is 5.75 Å². The number of carboxylic acid groups (broad SMARTS) is 1. The van der Waals surface area contributed by atoms with Gasteiger partial charge in [-0.15, -0.1) is 0 Å². The van der Waals surface area contributed by atoms with Crippen molar-refractivity contribution in [2.45, 2.75) is 18.8 Å². The van der Waals surface area contributed by atoms with Crippen molar-refractivity contribution < 1.29 is 14.6 Å². The summed E-state index contributed by atoms with van der Waals surface area (Å²) < 4.78 is 5.13. The Kier molecular flexibility index (Phi) is 4.77. The molecule has 3 heteroatoms. The SMILES string of the molecule is COc1ccc(CC(CC(=O)O)c2ccccc2)cc1. The van der Waals surface area contributed by atoms with Crippen molar-refractivity contribution in [2.24, 2.45) is 0 Å². The lowest BCUT2D eigenvalue weighted by Gasteiger charge is -2.15. The van der Waals surface area contributed by atoms with Crippen molar-refractivity contribution in [3.63, 3.8) is 0 Å². The number of rotatable bonds is 6. The number of hydrogen-bond donors (Lipinski definition) is 1. The van der Waals surface area contributed by atoms with Gasteiger partial charge < -0.3 is 9.84 Å². The predicted molar refractivity (Wildman–Crippen MR) is 78.1 cm³/mol. The fourth-order valence-corrected chi connectivity index (χ4v) is 2.29. The highest BCUT2D eigenvalue weighted by Crippen LogP contribution is 2.25. The number of aliphatic carboxylic acids is 1. The second kappa shape index (κ2) is 6.75. The number of methoxy groups -OCH3 is 1. The summed E-state index contributed by atoms with van der Waals surface area (Å²) >= 11 is 0. The minimum absolute atomic E-state index is 0.0119. The highest BCUT2D eigenvalue weighted by Gasteiger charge is 2.16. The summed E-state index contributed by atoms with van der Waals surface area (Å²) in [5, 5.41) is 9.09. The van der Waals surface area contributed by atoms with E-state index in [9.17, 15) is 4.79 Å². The Balaban J connectivity index is 2.16. The lowest BCUT2D eigenvalue weighted by atomic mass is 9.89. The molecule has 3 nitrogen and oxygen atoms in total. The van der Waals surface area contributed by atoms with Gasteiger partial charge in [-0.1, -0.05) is 42.5 Å². The smallest absolute Gasteiger partial charge is 0.303 e. The summed E-state index contributed by atoms with van der Waals surface area (Å²) in [5.74, 6) is 0.0257. The van der Waals surface area contributed by atoms with Crippen LogP contribution in [-0.4, -0.2) is 18.2 Å². The molecule has 0 heterocycles. The van der Waals surface area contributed by atoms with E-state index >= 15 is 0 Å². The van der Waals surface area contributed by atoms with Crippen LogP contribution in [0.25, 0.3) is 0 Å². The molecule has 2 aromatic carbocycles. The van der Waals surface area contributed by atoms with E-state index in [0.29, 0.717) is 6.42 Å². The molecule has 0 saturated carbocycles. The normalized spacial score (nSPS) is 11.8. The molecule has 0 bridgehead atoms. The Labute approximate surface area is 118 Å². The van der Waals surface area contributed by atoms with Gasteiger partial charge in [0.2, 0.25) is 0 Å². The molecule has 20 heavy (non-hydrogen) atoms. The standard InChI is InChI=1S/C17H18O3/c1-20-16-9-7-13(8-10-16)11-15(12-17(18)19)14-5-3-2-4-6-14/h2-10,15H,11-12H2,1H3,(H,18,19). The van der Waals surface area contributed by atoms with Crippen LogP contribution in [0.4, 0.5) is 0 Å². The summed E-state index contributed by atoms with van der Waals surface area (Å²) in [4.78, 5) is 11.1. The first kappa shape index (κ1) is 14.1. The van der Waals surface area contributed by atoms with Gasteiger partial charge in [0.15, 0.2) is 0 Å². The Morgan fingerprint density at radius 2 is 1.75 bits per heavy atom. The van der Waals surface area contributed by atoms with Crippen molar-refractivity contribution in [1.82, 2.24) is 0 Å². The zero-order valence-electron chi connectivity index (χ0n) is 11.5. The summed E-state index contributed by atoms with van der Waals surface area (Å²) in [6, 6.07) is 17.6. The molecule has 0 amide bonds. The molecule has 104 valence electrons. The quantitative estimate of drug-likeness (QED) is 0.874. The van der Waals surface area contributed by atoms with Crippen LogP contribution in [0.1, 0.15) is 23.5 Å². The Bertz CT molecular complexity index is 546. The Hall–Kier alpha value is -2.29. The Morgan fingerprint density at radius 3 is 2.30 bits per heavy atom. The van der Waals surface area contributed by atoms with Crippen LogP contribution in [0.3, 0.4) is 0 Å². The average molecular weight is 270 g/mol.